The van der Waals surface area contributed by atoms with Crippen molar-refractivity contribution in [1.29, 1.82) is 0 Å². The summed E-state index contributed by atoms with van der Waals surface area (Å²) in [6, 6.07) is 0. The number of carbonyl (C=O) groups is 2. The third kappa shape index (κ3) is 4.64. The maximum atomic E-state index is 13.9. The summed E-state index contributed by atoms with van der Waals surface area (Å²) in [5, 5.41) is 4.14. The second kappa shape index (κ2) is 9.96. The lowest BCUT2D eigenvalue weighted by Gasteiger charge is -2.18. The largest absolute Gasteiger partial charge is 0.365 e. The van der Waals surface area contributed by atoms with Gasteiger partial charge in [0.15, 0.2) is 0 Å². The normalized spacial score (nSPS) is 19.6. The van der Waals surface area contributed by atoms with Crippen LogP contribution >= 0.6 is 22.7 Å². The molecule has 37 heavy (non-hydrogen) atoms. The van der Waals surface area contributed by atoms with Crippen LogP contribution in [0.2, 0.25) is 0 Å². The number of aryl methyl sites for hydroxylation is 2. The van der Waals surface area contributed by atoms with E-state index >= 15 is 0 Å². The van der Waals surface area contributed by atoms with Crippen LogP contribution in [0.25, 0.3) is 10.2 Å². The van der Waals surface area contributed by atoms with Gasteiger partial charge in [0, 0.05) is 9.75 Å². The number of aromatic nitrogens is 2. The highest BCUT2D eigenvalue weighted by molar-refractivity contribution is 7.18. The van der Waals surface area contributed by atoms with Crippen LogP contribution in [0.15, 0.2) is 4.79 Å². The van der Waals surface area contributed by atoms with Gasteiger partial charge in [-0.2, -0.15) is 0 Å². The molecule has 2 amide bonds. The van der Waals surface area contributed by atoms with Crippen molar-refractivity contribution < 1.29 is 9.59 Å². The van der Waals surface area contributed by atoms with Gasteiger partial charge in [-0.1, -0.05) is 6.92 Å². The van der Waals surface area contributed by atoms with E-state index in [2.05, 4.69) is 17.1 Å². The molecule has 1 unspecified atom stereocenters. The van der Waals surface area contributed by atoms with Crippen molar-refractivity contribution >= 4 is 49.7 Å². The van der Waals surface area contributed by atoms with Crippen molar-refractivity contribution in [2.45, 2.75) is 77.8 Å². The van der Waals surface area contributed by atoms with E-state index in [9.17, 15) is 14.4 Å². The smallest absolute Gasteiger partial charge is 0.263 e. The Bertz CT molecular complexity index is 1450. The molecule has 1 aliphatic heterocycles. The van der Waals surface area contributed by atoms with Crippen molar-refractivity contribution in [2.75, 3.05) is 18.4 Å². The number of carbonyl (C=O) groups excluding carboxylic acids is 2. The minimum absolute atomic E-state index is 0.122. The van der Waals surface area contributed by atoms with Crippen LogP contribution in [-0.4, -0.2) is 39.4 Å². The molecule has 0 saturated carbocycles. The highest BCUT2D eigenvalue weighted by Crippen LogP contribution is 2.39. The molecule has 8 nitrogen and oxygen atoms in total. The molecule has 1 atom stereocenters. The molecule has 3 N–H and O–H groups in total. The molecule has 0 aromatic carbocycles. The van der Waals surface area contributed by atoms with Gasteiger partial charge in [0.05, 0.1) is 17.5 Å². The molecule has 3 aromatic rings. The molecule has 10 heteroatoms. The van der Waals surface area contributed by atoms with Crippen LogP contribution in [0.3, 0.4) is 0 Å². The Hall–Kier alpha value is -2.56. The number of hydrogen-bond acceptors (Lipinski definition) is 7. The molecule has 4 heterocycles. The summed E-state index contributed by atoms with van der Waals surface area (Å²) < 4.78 is 1.57. The number of primary amides is 1. The fourth-order valence-corrected chi connectivity index (χ4v) is 8.82. The molecule has 6 rings (SSSR count). The van der Waals surface area contributed by atoms with Gasteiger partial charge in [0.1, 0.15) is 22.2 Å². The number of nitrogens with zero attached hydrogens (tertiary/aromatic N) is 3. The van der Waals surface area contributed by atoms with E-state index < -0.39 is 5.91 Å². The van der Waals surface area contributed by atoms with E-state index in [0.717, 1.165) is 91.7 Å². The number of fused-ring (bicyclic) bond motifs is 4. The summed E-state index contributed by atoms with van der Waals surface area (Å²) in [4.78, 5) is 50.1. The van der Waals surface area contributed by atoms with Gasteiger partial charge in [-0.15, -0.1) is 22.7 Å². The van der Waals surface area contributed by atoms with Crippen molar-refractivity contribution in [3.05, 3.63) is 42.6 Å². The minimum atomic E-state index is -0.512. The Labute approximate surface area is 223 Å². The Kier molecular flexibility index (Phi) is 6.66. The van der Waals surface area contributed by atoms with E-state index in [-0.39, 0.29) is 18.0 Å². The number of hydrogen-bond donors (Lipinski definition) is 2. The zero-order valence-electron chi connectivity index (χ0n) is 21.2. The Balaban J connectivity index is 1.35. The molecule has 0 bridgehead atoms. The number of anilines is 1. The van der Waals surface area contributed by atoms with Crippen LogP contribution in [0.4, 0.5) is 5.00 Å². The Morgan fingerprint density at radius 1 is 1.05 bits per heavy atom. The van der Waals surface area contributed by atoms with Crippen molar-refractivity contribution in [1.82, 2.24) is 14.5 Å². The van der Waals surface area contributed by atoms with Gasteiger partial charge < -0.3 is 11.1 Å². The van der Waals surface area contributed by atoms with Crippen molar-refractivity contribution in [3.63, 3.8) is 0 Å². The van der Waals surface area contributed by atoms with E-state index in [0.29, 0.717) is 34.2 Å². The summed E-state index contributed by atoms with van der Waals surface area (Å²) in [6.45, 7) is 4.57. The summed E-state index contributed by atoms with van der Waals surface area (Å²) in [7, 11) is 0. The lowest BCUT2D eigenvalue weighted by Crippen LogP contribution is -2.34. The first kappa shape index (κ1) is 24.8. The number of rotatable bonds is 6. The molecular weight excluding hydrogens is 506 g/mol. The molecular formula is C27H33N5O3S2. The maximum Gasteiger partial charge on any atom is 0.263 e. The molecule has 3 aromatic heterocycles. The number of amides is 2. The summed E-state index contributed by atoms with van der Waals surface area (Å²) in [5.74, 6) is 0.338. The molecule has 3 aliphatic rings. The average Bonchev–Trinajstić information content (AvgIpc) is 3.58. The van der Waals surface area contributed by atoms with E-state index in [1.54, 1.807) is 15.9 Å². The van der Waals surface area contributed by atoms with Gasteiger partial charge >= 0.3 is 0 Å². The summed E-state index contributed by atoms with van der Waals surface area (Å²) in [6.07, 6.45) is 9.07. The summed E-state index contributed by atoms with van der Waals surface area (Å²) in [5.41, 5.74) is 8.17. The van der Waals surface area contributed by atoms with Gasteiger partial charge in [0.25, 0.3) is 11.5 Å². The van der Waals surface area contributed by atoms with Gasteiger partial charge in [-0.25, -0.2) is 4.98 Å². The Morgan fingerprint density at radius 2 is 1.84 bits per heavy atom. The topological polar surface area (TPSA) is 110 Å². The highest BCUT2D eigenvalue weighted by atomic mass is 32.1. The highest BCUT2D eigenvalue weighted by Gasteiger charge is 2.28. The van der Waals surface area contributed by atoms with Gasteiger partial charge in [-0.05, 0) is 87.9 Å². The van der Waals surface area contributed by atoms with Crippen molar-refractivity contribution in [3.8, 4) is 0 Å². The zero-order chi connectivity index (χ0) is 25.7. The molecule has 196 valence electrons. The van der Waals surface area contributed by atoms with Crippen LogP contribution in [0, 0.1) is 5.92 Å². The predicted octanol–water partition coefficient (Wildman–Crippen LogP) is 3.86. The maximum absolute atomic E-state index is 13.9. The van der Waals surface area contributed by atoms with E-state index in [4.69, 9.17) is 10.7 Å². The van der Waals surface area contributed by atoms with E-state index in [1.165, 1.54) is 16.2 Å². The van der Waals surface area contributed by atoms with E-state index in [1.807, 2.05) is 0 Å². The Morgan fingerprint density at radius 3 is 2.62 bits per heavy atom. The van der Waals surface area contributed by atoms with Crippen molar-refractivity contribution in [2.24, 2.45) is 11.7 Å². The molecule has 2 aliphatic carbocycles. The van der Waals surface area contributed by atoms with Gasteiger partial charge in [-0.3, -0.25) is 23.9 Å². The van der Waals surface area contributed by atoms with Crippen LogP contribution in [-0.2, 0) is 43.6 Å². The first-order valence-corrected chi connectivity index (χ1v) is 15.0. The molecule has 1 saturated heterocycles. The monoisotopic (exact) mass is 539 g/mol. The number of nitrogens with two attached hydrogens (primary N) is 1. The molecule has 0 spiro atoms. The lowest BCUT2D eigenvalue weighted by atomic mass is 9.88. The third-order valence-corrected chi connectivity index (χ3v) is 10.4. The number of thiophene rings is 2. The fraction of sp³-hybridized carbons (Fsp3) is 0.556. The number of likely N-dealkylation sites (tertiary alicyclic amines) is 1. The standard InChI is InChI=1S/C27H33N5O3S2/c1-15-8-9-17-19(12-15)37-25(22(17)24(28)34)30-21(33)14-32-20(13-31-10-4-5-11-31)29-26-23(27(32)35)16-6-2-3-7-18(16)36-26/h15H,2-14H2,1H3,(H2,28,34)(H,30,33). The van der Waals surface area contributed by atoms with Crippen LogP contribution in [0.5, 0.6) is 0 Å². The second-order valence-corrected chi connectivity index (χ2v) is 13.0. The van der Waals surface area contributed by atoms with Crippen LogP contribution < -0.4 is 16.6 Å². The summed E-state index contributed by atoms with van der Waals surface area (Å²) >= 11 is 3.09. The molecule has 1 fully saturated rings. The average molecular weight is 540 g/mol. The van der Waals surface area contributed by atoms with Crippen LogP contribution in [0.1, 0.15) is 76.1 Å². The first-order chi connectivity index (χ1) is 17.9. The minimum Gasteiger partial charge on any atom is -0.365 e. The molecule has 0 radical (unpaired) electrons. The SMILES string of the molecule is CC1CCc2c(sc(NC(=O)Cn3c(CN4CCCC4)nc4sc5c(c4c3=O)CCCC5)c2C(N)=O)C1. The third-order valence-electron chi connectivity index (χ3n) is 8.03. The predicted molar refractivity (Wildman–Crippen MR) is 148 cm³/mol. The lowest BCUT2D eigenvalue weighted by molar-refractivity contribution is -0.116. The first-order valence-electron chi connectivity index (χ1n) is 13.4. The van der Waals surface area contributed by atoms with Gasteiger partial charge in [0.2, 0.25) is 5.91 Å². The fourth-order valence-electron chi connectivity index (χ4n) is 6.11. The second-order valence-electron chi connectivity index (χ2n) is 10.8. The quantitative estimate of drug-likeness (QED) is 0.494. The number of nitrogens with one attached hydrogen (secondary N) is 1. The zero-order valence-corrected chi connectivity index (χ0v) is 22.9.